The van der Waals surface area contributed by atoms with E-state index >= 15 is 0 Å². The molecule has 3 fully saturated rings. The van der Waals surface area contributed by atoms with Crippen molar-refractivity contribution in [2.24, 2.45) is 29.1 Å². The van der Waals surface area contributed by atoms with Gasteiger partial charge in [0.1, 0.15) is 0 Å². The standard InChI is InChI=1S/C21H37NO2/c1-21(2,3)19-9-7-16(8-10-19)13-20(23)22-11-12-24-15-18(14-22)17-5-4-6-17/h16-19H,4-15H2,1-3H3. The number of carbonyl (C=O) groups is 1. The van der Waals surface area contributed by atoms with Crippen molar-refractivity contribution in [2.75, 3.05) is 26.3 Å². The van der Waals surface area contributed by atoms with Crippen LogP contribution in [0.2, 0.25) is 0 Å². The molecule has 0 aromatic heterocycles. The molecule has 0 aromatic carbocycles. The predicted molar refractivity (Wildman–Crippen MR) is 97.8 cm³/mol. The third-order valence-corrected chi connectivity index (χ3v) is 7.00. The Kier molecular flexibility index (Phi) is 5.89. The number of nitrogens with zero attached hydrogens (tertiary/aromatic N) is 1. The van der Waals surface area contributed by atoms with E-state index in [1.54, 1.807) is 0 Å². The van der Waals surface area contributed by atoms with Crippen LogP contribution in [-0.4, -0.2) is 37.1 Å². The van der Waals surface area contributed by atoms with Crippen molar-refractivity contribution in [3.05, 3.63) is 0 Å². The average molecular weight is 336 g/mol. The summed E-state index contributed by atoms with van der Waals surface area (Å²) in [6.07, 6.45) is 9.90. The predicted octanol–water partition coefficient (Wildman–Crippen LogP) is 4.50. The fraction of sp³-hybridized carbons (Fsp3) is 0.952. The first-order valence-corrected chi connectivity index (χ1v) is 10.3. The van der Waals surface area contributed by atoms with Crippen molar-refractivity contribution >= 4 is 5.91 Å². The van der Waals surface area contributed by atoms with Crippen LogP contribution in [0.3, 0.4) is 0 Å². The van der Waals surface area contributed by atoms with E-state index in [0.717, 1.165) is 44.6 Å². The molecule has 1 amide bonds. The normalized spacial score (nSPS) is 33.0. The first kappa shape index (κ1) is 18.2. The lowest BCUT2D eigenvalue weighted by Gasteiger charge is -2.38. The number of carbonyl (C=O) groups excluding carboxylic acids is 1. The highest BCUT2D eigenvalue weighted by Crippen LogP contribution is 2.41. The summed E-state index contributed by atoms with van der Waals surface area (Å²) in [6.45, 7) is 10.4. The Labute approximate surface area is 148 Å². The minimum atomic E-state index is 0.393. The van der Waals surface area contributed by atoms with Gasteiger partial charge in [-0.15, -0.1) is 0 Å². The molecule has 1 saturated heterocycles. The van der Waals surface area contributed by atoms with E-state index in [4.69, 9.17) is 4.74 Å². The zero-order valence-corrected chi connectivity index (χ0v) is 16.1. The van der Waals surface area contributed by atoms with E-state index in [1.807, 2.05) is 0 Å². The molecule has 0 aromatic rings. The van der Waals surface area contributed by atoms with Crippen molar-refractivity contribution in [1.82, 2.24) is 4.90 Å². The molecule has 2 saturated carbocycles. The smallest absolute Gasteiger partial charge is 0.222 e. The SMILES string of the molecule is CC(C)(C)C1CCC(CC(=O)N2CCOCC(C3CCC3)C2)CC1. The van der Waals surface area contributed by atoms with Gasteiger partial charge in [0.25, 0.3) is 0 Å². The van der Waals surface area contributed by atoms with Crippen molar-refractivity contribution in [2.45, 2.75) is 72.1 Å². The molecule has 3 heteroatoms. The molecule has 1 atom stereocenters. The Morgan fingerprint density at radius 1 is 1.04 bits per heavy atom. The van der Waals surface area contributed by atoms with Gasteiger partial charge in [-0.3, -0.25) is 4.79 Å². The van der Waals surface area contributed by atoms with E-state index in [-0.39, 0.29) is 0 Å². The molecular formula is C21H37NO2. The minimum absolute atomic E-state index is 0.393. The van der Waals surface area contributed by atoms with E-state index in [1.165, 1.54) is 44.9 Å². The van der Waals surface area contributed by atoms with E-state index in [0.29, 0.717) is 23.2 Å². The van der Waals surface area contributed by atoms with Crippen LogP contribution < -0.4 is 0 Å². The molecule has 3 rings (SSSR count). The van der Waals surface area contributed by atoms with Crippen molar-refractivity contribution in [3.63, 3.8) is 0 Å². The summed E-state index contributed by atoms with van der Waals surface area (Å²) in [5.41, 5.74) is 0.424. The van der Waals surface area contributed by atoms with Crippen LogP contribution in [0.25, 0.3) is 0 Å². The molecule has 24 heavy (non-hydrogen) atoms. The number of ether oxygens (including phenoxy) is 1. The van der Waals surface area contributed by atoms with Crippen LogP contribution in [0.5, 0.6) is 0 Å². The Morgan fingerprint density at radius 3 is 2.33 bits per heavy atom. The maximum absolute atomic E-state index is 12.8. The van der Waals surface area contributed by atoms with Gasteiger partial charge in [0.05, 0.1) is 13.2 Å². The maximum Gasteiger partial charge on any atom is 0.222 e. The second kappa shape index (κ2) is 7.76. The first-order chi connectivity index (χ1) is 11.4. The molecule has 1 aliphatic heterocycles. The number of hydrogen-bond acceptors (Lipinski definition) is 2. The van der Waals surface area contributed by atoms with Gasteiger partial charge in [0.2, 0.25) is 5.91 Å². The van der Waals surface area contributed by atoms with E-state index in [2.05, 4.69) is 25.7 Å². The molecule has 0 bridgehead atoms. The van der Waals surface area contributed by atoms with Gasteiger partial charge in [0.15, 0.2) is 0 Å². The highest BCUT2D eigenvalue weighted by molar-refractivity contribution is 5.76. The van der Waals surface area contributed by atoms with E-state index in [9.17, 15) is 4.79 Å². The molecule has 3 nitrogen and oxygen atoms in total. The van der Waals surface area contributed by atoms with Crippen LogP contribution in [0.4, 0.5) is 0 Å². The summed E-state index contributed by atoms with van der Waals surface area (Å²) in [5, 5.41) is 0. The van der Waals surface area contributed by atoms with Crippen molar-refractivity contribution in [3.8, 4) is 0 Å². The molecule has 1 heterocycles. The van der Waals surface area contributed by atoms with Gasteiger partial charge in [0, 0.05) is 25.4 Å². The lowest BCUT2D eigenvalue weighted by molar-refractivity contribution is -0.133. The quantitative estimate of drug-likeness (QED) is 0.760. The van der Waals surface area contributed by atoms with E-state index < -0.39 is 0 Å². The second-order valence-electron chi connectivity index (χ2n) is 9.65. The Balaban J connectivity index is 1.47. The maximum atomic E-state index is 12.8. The summed E-state index contributed by atoms with van der Waals surface area (Å²) in [6, 6.07) is 0. The van der Waals surface area contributed by atoms with Crippen molar-refractivity contribution in [1.29, 1.82) is 0 Å². The second-order valence-corrected chi connectivity index (χ2v) is 9.65. The molecule has 138 valence electrons. The van der Waals surface area contributed by atoms with Gasteiger partial charge < -0.3 is 9.64 Å². The molecule has 3 aliphatic rings. The van der Waals surface area contributed by atoms with Gasteiger partial charge in [-0.05, 0) is 48.9 Å². The Morgan fingerprint density at radius 2 is 1.75 bits per heavy atom. The third-order valence-electron chi connectivity index (χ3n) is 7.00. The highest BCUT2D eigenvalue weighted by atomic mass is 16.5. The van der Waals surface area contributed by atoms with Crippen LogP contribution in [0, 0.1) is 29.1 Å². The molecule has 1 unspecified atom stereocenters. The summed E-state index contributed by atoms with van der Waals surface area (Å²) < 4.78 is 5.79. The fourth-order valence-corrected chi connectivity index (χ4v) is 4.87. The Hall–Kier alpha value is -0.570. The van der Waals surface area contributed by atoms with Crippen LogP contribution in [0.15, 0.2) is 0 Å². The van der Waals surface area contributed by atoms with Crippen LogP contribution in [-0.2, 0) is 9.53 Å². The number of rotatable bonds is 3. The minimum Gasteiger partial charge on any atom is -0.379 e. The lowest BCUT2D eigenvalue weighted by atomic mass is 9.69. The number of amides is 1. The third kappa shape index (κ3) is 4.53. The van der Waals surface area contributed by atoms with Gasteiger partial charge >= 0.3 is 0 Å². The van der Waals surface area contributed by atoms with Crippen LogP contribution in [0.1, 0.15) is 72.1 Å². The van der Waals surface area contributed by atoms with Gasteiger partial charge in [-0.2, -0.15) is 0 Å². The average Bonchev–Trinajstić information content (AvgIpc) is 2.71. The monoisotopic (exact) mass is 335 g/mol. The summed E-state index contributed by atoms with van der Waals surface area (Å²) in [4.78, 5) is 15.0. The largest absolute Gasteiger partial charge is 0.379 e. The first-order valence-electron chi connectivity index (χ1n) is 10.3. The summed E-state index contributed by atoms with van der Waals surface area (Å²) >= 11 is 0. The zero-order chi connectivity index (χ0) is 17.2. The van der Waals surface area contributed by atoms with Gasteiger partial charge in [-0.25, -0.2) is 0 Å². The molecular weight excluding hydrogens is 298 g/mol. The molecule has 0 N–H and O–H groups in total. The summed E-state index contributed by atoms with van der Waals surface area (Å²) in [7, 11) is 0. The topological polar surface area (TPSA) is 29.5 Å². The molecule has 2 aliphatic carbocycles. The molecule has 0 spiro atoms. The molecule has 0 radical (unpaired) electrons. The lowest BCUT2D eigenvalue weighted by Crippen LogP contribution is -2.40. The highest BCUT2D eigenvalue weighted by Gasteiger charge is 2.34. The van der Waals surface area contributed by atoms with Crippen molar-refractivity contribution < 1.29 is 9.53 Å². The Bertz CT molecular complexity index is 416. The number of hydrogen-bond donors (Lipinski definition) is 0. The van der Waals surface area contributed by atoms with Gasteiger partial charge in [-0.1, -0.05) is 40.0 Å². The summed E-state index contributed by atoms with van der Waals surface area (Å²) in [5.74, 6) is 3.23. The van der Waals surface area contributed by atoms with Crippen LogP contribution >= 0.6 is 0 Å². The fourth-order valence-electron chi connectivity index (χ4n) is 4.87. The zero-order valence-electron chi connectivity index (χ0n) is 16.1.